The van der Waals surface area contributed by atoms with Crippen molar-refractivity contribution in [2.24, 2.45) is 0 Å². The van der Waals surface area contributed by atoms with Crippen molar-refractivity contribution in [2.45, 2.75) is 6.54 Å². The van der Waals surface area contributed by atoms with Gasteiger partial charge in [-0.15, -0.1) is 5.10 Å². The number of rotatable bonds is 4. The number of benzene rings is 1. The van der Waals surface area contributed by atoms with Crippen LogP contribution in [-0.4, -0.2) is 48.3 Å². The van der Waals surface area contributed by atoms with Crippen LogP contribution >= 0.6 is 0 Å². The van der Waals surface area contributed by atoms with E-state index in [0.717, 1.165) is 5.56 Å². The highest BCUT2D eigenvalue weighted by atomic mass is 16.2. The van der Waals surface area contributed by atoms with Crippen molar-refractivity contribution >= 4 is 5.91 Å². The smallest absolute Gasteiger partial charge is 0.256 e. The van der Waals surface area contributed by atoms with E-state index in [9.17, 15) is 4.79 Å². The first-order valence-electron chi connectivity index (χ1n) is 6.31. The molecule has 0 aliphatic heterocycles. The second-order valence-electron chi connectivity index (χ2n) is 4.54. The van der Waals surface area contributed by atoms with Gasteiger partial charge in [0.05, 0.1) is 17.4 Å². The highest BCUT2D eigenvalue weighted by molar-refractivity contribution is 5.97. The van der Waals surface area contributed by atoms with Gasteiger partial charge >= 0.3 is 0 Å². The normalized spacial score (nSPS) is 10.5. The fourth-order valence-corrected chi connectivity index (χ4v) is 2.04. The van der Waals surface area contributed by atoms with Crippen LogP contribution in [0.2, 0.25) is 0 Å². The number of hydrogen-bond acceptors (Lipinski definition) is 5. The van der Waals surface area contributed by atoms with Gasteiger partial charge in [0.15, 0.2) is 0 Å². The molecule has 3 rings (SSSR count). The average molecular weight is 283 g/mol. The number of nitrogens with zero attached hydrogens (tertiary/aromatic N) is 6. The number of tetrazole rings is 1. The van der Waals surface area contributed by atoms with Crippen LogP contribution in [0.1, 0.15) is 15.9 Å². The van der Waals surface area contributed by atoms with Crippen LogP contribution in [-0.2, 0) is 6.54 Å². The van der Waals surface area contributed by atoms with E-state index in [0.29, 0.717) is 17.8 Å². The third-order valence-electron chi connectivity index (χ3n) is 3.05. The predicted octanol–water partition coefficient (Wildman–Crippen LogP) is 0.658. The van der Waals surface area contributed by atoms with Crippen molar-refractivity contribution in [1.29, 1.82) is 0 Å². The minimum Gasteiger partial charge on any atom is -0.337 e. The third-order valence-corrected chi connectivity index (χ3v) is 3.05. The van der Waals surface area contributed by atoms with E-state index in [4.69, 9.17) is 0 Å². The first-order valence-corrected chi connectivity index (χ1v) is 6.31. The van der Waals surface area contributed by atoms with Crippen LogP contribution in [0.25, 0.3) is 5.69 Å². The second kappa shape index (κ2) is 5.53. The molecule has 0 fully saturated rings. The summed E-state index contributed by atoms with van der Waals surface area (Å²) in [5, 5.41) is 17.6. The number of aromatic amines is 1. The Balaban J connectivity index is 1.88. The zero-order valence-corrected chi connectivity index (χ0v) is 11.3. The van der Waals surface area contributed by atoms with E-state index >= 15 is 0 Å². The van der Waals surface area contributed by atoms with Crippen LogP contribution in [0.15, 0.2) is 43.0 Å². The number of aromatic nitrogens is 6. The number of hydrogen-bond donors (Lipinski definition) is 1. The summed E-state index contributed by atoms with van der Waals surface area (Å²) in [5.41, 5.74) is 2.12. The molecule has 2 heterocycles. The van der Waals surface area contributed by atoms with Crippen molar-refractivity contribution in [1.82, 2.24) is 35.3 Å². The summed E-state index contributed by atoms with van der Waals surface area (Å²) in [6.07, 6.45) is 4.91. The van der Waals surface area contributed by atoms with Gasteiger partial charge in [-0.1, -0.05) is 12.1 Å². The Hall–Kier alpha value is -3.03. The lowest BCUT2D eigenvalue weighted by molar-refractivity contribution is 0.0785. The molecule has 0 bridgehead atoms. The van der Waals surface area contributed by atoms with Gasteiger partial charge in [0.1, 0.15) is 6.33 Å². The van der Waals surface area contributed by atoms with Crippen molar-refractivity contribution < 1.29 is 4.79 Å². The summed E-state index contributed by atoms with van der Waals surface area (Å²) in [7, 11) is 1.74. The molecule has 0 aliphatic carbocycles. The molecule has 1 amide bonds. The SMILES string of the molecule is CN(Cc1cn[nH]c1)C(=O)c1ccccc1-n1cnnn1. The predicted molar refractivity (Wildman–Crippen MR) is 73.5 cm³/mol. The van der Waals surface area contributed by atoms with Gasteiger partial charge in [0.2, 0.25) is 0 Å². The highest BCUT2D eigenvalue weighted by Gasteiger charge is 2.17. The van der Waals surface area contributed by atoms with Crippen LogP contribution in [0.5, 0.6) is 0 Å². The van der Waals surface area contributed by atoms with Crippen molar-refractivity contribution in [2.75, 3.05) is 7.05 Å². The first kappa shape index (κ1) is 13.0. The Bertz CT molecular complexity index is 721. The van der Waals surface area contributed by atoms with E-state index in [1.165, 1.54) is 11.0 Å². The zero-order valence-electron chi connectivity index (χ0n) is 11.3. The molecular weight excluding hydrogens is 270 g/mol. The number of carbonyl (C=O) groups excluding carboxylic acids is 1. The molecule has 1 aromatic carbocycles. The van der Waals surface area contributed by atoms with Gasteiger partial charge in [-0.25, -0.2) is 0 Å². The fourth-order valence-electron chi connectivity index (χ4n) is 2.04. The summed E-state index contributed by atoms with van der Waals surface area (Å²) in [5.74, 6) is -0.109. The highest BCUT2D eigenvalue weighted by Crippen LogP contribution is 2.15. The Morgan fingerprint density at radius 1 is 1.38 bits per heavy atom. The molecule has 0 saturated carbocycles. The maximum atomic E-state index is 12.6. The lowest BCUT2D eigenvalue weighted by Gasteiger charge is -2.18. The molecule has 8 nitrogen and oxygen atoms in total. The lowest BCUT2D eigenvalue weighted by atomic mass is 10.1. The zero-order chi connectivity index (χ0) is 14.7. The van der Waals surface area contributed by atoms with Crippen LogP contribution < -0.4 is 0 Å². The molecule has 1 N–H and O–H groups in total. The Morgan fingerprint density at radius 3 is 2.95 bits per heavy atom. The summed E-state index contributed by atoms with van der Waals surface area (Å²) in [6.45, 7) is 0.472. The lowest BCUT2D eigenvalue weighted by Crippen LogP contribution is -2.27. The molecule has 106 valence electrons. The minimum atomic E-state index is -0.109. The van der Waals surface area contributed by atoms with E-state index in [2.05, 4.69) is 25.7 Å². The van der Waals surface area contributed by atoms with Crippen molar-refractivity contribution in [3.63, 3.8) is 0 Å². The molecule has 2 aromatic heterocycles. The molecule has 0 saturated heterocycles. The summed E-state index contributed by atoms with van der Waals surface area (Å²) in [6, 6.07) is 7.21. The van der Waals surface area contributed by atoms with Gasteiger partial charge in [-0.3, -0.25) is 9.89 Å². The van der Waals surface area contributed by atoms with E-state index in [1.807, 2.05) is 12.1 Å². The quantitative estimate of drug-likeness (QED) is 0.759. The van der Waals surface area contributed by atoms with Gasteiger partial charge in [-0.05, 0) is 22.6 Å². The number of nitrogens with one attached hydrogen (secondary N) is 1. The van der Waals surface area contributed by atoms with Crippen molar-refractivity contribution in [3.05, 3.63) is 54.1 Å². The number of carbonyl (C=O) groups is 1. The molecular formula is C13H13N7O. The third kappa shape index (κ3) is 2.64. The van der Waals surface area contributed by atoms with Gasteiger partial charge in [-0.2, -0.15) is 9.78 Å². The monoisotopic (exact) mass is 283 g/mol. The molecule has 0 unspecified atom stereocenters. The standard InChI is InChI=1S/C13H13N7O/c1-19(8-10-6-14-15-7-10)13(21)11-4-2-3-5-12(11)20-9-16-17-18-20/h2-7,9H,8H2,1H3,(H,14,15). The number of H-pyrrole nitrogens is 1. The van der Waals surface area contributed by atoms with Gasteiger partial charge in [0, 0.05) is 25.4 Å². The average Bonchev–Trinajstić information content (AvgIpc) is 3.19. The Kier molecular flexibility index (Phi) is 3.42. The fraction of sp³-hybridized carbons (Fsp3) is 0.154. The van der Waals surface area contributed by atoms with E-state index < -0.39 is 0 Å². The Labute approximate surface area is 120 Å². The van der Waals surface area contributed by atoms with Crippen molar-refractivity contribution in [3.8, 4) is 5.69 Å². The van der Waals surface area contributed by atoms with Crippen LogP contribution in [0, 0.1) is 0 Å². The molecule has 8 heteroatoms. The molecule has 21 heavy (non-hydrogen) atoms. The number of para-hydroxylation sites is 1. The maximum Gasteiger partial charge on any atom is 0.256 e. The molecule has 3 aromatic rings. The minimum absolute atomic E-state index is 0.109. The van der Waals surface area contributed by atoms with Gasteiger partial charge in [0.25, 0.3) is 5.91 Å². The second-order valence-corrected chi connectivity index (χ2v) is 4.54. The molecule has 0 spiro atoms. The maximum absolute atomic E-state index is 12.6. The summed E-state index contributed by atoms with van der Waals surface area (Å²) in [4.78, 5) is 14.2. The molecule has 0 atom stereocenters. The summed E-state index contributed by atoms with van der Waals surface area (Å²) >= 11 is 0. The van der Waals surface area contributed by atoms with Gasteiger partial charge < -0.3 is 4.90 Å². The number of amides is 1. The van der Waals surface area contributed by atoms with E-state index in [1.54, 1.807) is 36.5 Å². The van der Waals surface area contributed by atoms with Crippen LogP contribution in [0.3, 0.4) is 0 Å². The van der Waals surface area contributed by atoms with E-state index in [-0.39, 0.29) is 5.91 Å². The van der Waals surface area contributed by atoms with Crippen LogP contribution in [0.4, 0.5) is 0 Å². The summed E-state index contributed by atoms with van der Waals surface area (Å²) < 4.78 is 1.47. The Morgan fingerprint density at radius 2 is 2.24 bits per heavy atom. The first-order chi connectivity index (χ1) is 10.3. The largest absolute Gasteiger partial charge is 0.337 e. The molecule has 0 radical (unpaired) electrons. The topological polar surface area (TPSA) is 92.6 Å². The molecule has 0 aliphatic rings.